The third-order valence-corrected chi connectivity index (χ3v) is 5.81. The maximum Gasteiger partial charge on any atom is 0.281 e. The molecule has 1 saturated heterocycles. The normalized spacial score (nSPS) is 13.8. The molecule has 0 atom stereocenters. The number of anilines is 2. The standard InChI is InChI=1S/C28H27N3O6S/c1-4-36-25-16-18(13-14-24(25)37-17-26(32)29-19-9-5-7-11-22(19)34-2)15-20-27(33)31(28(38)30-20)21-10-6-8-12-23(21)35-3/h5-16H,4,17H2,1-3H3,(H,29,32)(H,30,38)/b20-15+. The lowest BCUT2D eigenvalue weighted by atomic mass is 10.1. The van der Waals surface area contributed by atoms with E-state index in [2.05, 4.69) is 10.6 Å². The van der Waals surface area contributed by atoms with Gasteiger partial charge < -0.3 is 29.6 Å². The van der Waals surface area contributed by atoms with Gasteiger partial charge in [0.1, 0.15) is 17.2 Å². The minimum absolute atomic E-state index is 0.235. The van der Waals surface area contributed by atoms with Gasteiger partial charge in [0.05, 0.1) is 32.2 Å². The monoisotopic (exact) mass is 533 g/mol. The van der Waals surface area contributed by atoms with Crippen LogP contribution in [-0.4, -0.2) is 44.4 Å². The molecule has 38 heavy (non-hydrogen) atoms. The fourth-order valence-electron chi connectivity index (χ4n) is 3.81. The van der Waals surface area contributed by atoms with Crippen molar-refractivity contribution < 1.29 is 28.5 Å². The van der Waals surface area contributed by atoms with Gasteiger partial charge in [0.2, 0.25) is 0 Å². The molecule has 9 nitrogen and oxygen atoms in total. The number of rotatable bonds is 10. The van der Waals surface area contributed by atoms with Crippen LogP contribution in [0.1, 0.15) is 12.5 Å². The van der Waals surface area contributed by atoms with Gasteiger partial charge in [-0.3, -0.25) is 9.59 Å². The molecule has 2 amide bonds. The Morgan fingerprint density at radius 1 is 0.947 bits per heavy atom. The van der Waals surface area contributed by atoms with Crippen molar-refractivity contribution >= 4 is 46.6 Å². The number of para-hydroxylation sites is 4. The van der Waals surface area contributed by atoms with Crippen molar-refractivity contribution in [3.63, 3.8) is 0 Å². The molecule has 0 bridgehead atoms. The van der Waals surface area contributed by atoms with Crippen molar-refractivity contribution in [2.24, 2.45) is 0 Å². The van der Waals surface area contributed by atoms with Gasteiger partial charge in [0, 0.05) is 0 Å². The van der Waals surface area contributed by atoms with Gasteiger partial charge in [-0.05, 0) is 67.2 Å². The minimum atomic E-state index is -0.353. The lowest BCUT2D eigenvalue weighted by Gasteiger charge is -2.17. The third-order valence-electron chi connectivity index (χ3n) is 5.52. The van der Waals surface area contributed by atoms with Crippen LogP contribution in [0.15, 0.2) is 72.4 Å². The van der Waals surface area contributed by atoms with Crippen LogP contribution in [0.4, 0.5) is 11.4 Å². The second kappa shape index (κ2) is 12.1. The summed E-state index contributed by atoms with van der Waals surface area (Å²) in [4.78, 5) is 27.0. The van der Waals surface area contributed by atoms with Gasteiger partial charge in [-0.25, -0.2) is 4.90 Å². The van der Waals surface area contributed by atoms with Crippen molar-refractivity contribution in [2.45, 2.75) is 6.92 Å². The average Bonchev–Trinajstić information content (AvgIpc) is 3.20. The van der Waals surface area contributed by atoms with Crippen LogP contribution in [0.25, 0.3) is 6.08 Å². The molecular weight excluding hydrogens is 506 g/mol. The molecule has 3 aromatic rings. The molecular formula is C28H27N3O6S. The second-order valence-electron chi connectivity index (χ2n) is 7.98. The topological polar surface area (TPSA) is 98.4 Å². The predicted octanol–water partition coefficient (Wildman–Crippen LogP) is 4.38. The van der Waals surface area contributed by atoms with E-state index in [1.807, 2.05) is 19.1 Å². The number of ether oxygens (including phenoxy) is 4. The quantitative estimate of drug-likeness (QED) is 0.293. The molecule has 3 aromatic carbocycles. The summed E-state index contributed by atoms with van der Waals surface area (Å²) in [5.41, 5.74) is 2.07. The largest absolute Gasteiger partial charge is 0.495 e. The number of hydrogen-bond acceptors (Lipinski definition) is 7. The fraction of sp³-hybridized carbons (Fsp3) is 0.179. The summed E-state index contributed by atoms with van der Waals surface area (Å²) >= 11 is 5.42. The van der Waals surface area contributed by atoms with Gasteiger partial charge in [0.15, 0.2) is 23.2 Å². The maximum atomic E-state index is 13.2. The zero-order valence-corrected chi connectivity index (χ0v) is 22.0. The Kier molecular flexibility index (Phi) is 8.44. The highest BCUT2D eigenvalue weighted by molar-refractivity contribution is 7.80. The molecule has 10 heteroatoms. The highest BCUT2D eigenvalue weighted by Crippen LogP contribution is 2.33. The zero-order valence-electron chi connectivity index (χ0n) is 21.1. The van der Waals surface area contributed by atoms with Crippen LogP contribution in [-0.2, 0) is 9.59 Å². The van der Waals surface area contributed by atoms with Gasteiger partial charge in [-0.2, -0.15) is 0 Å². The molecule has 4 rings (SSSR count). The number of carbonyl (C=O) groups is 2. The van der Waals surface area contributed by atoms with Crippen molar-refractivity contribution in [3.8, 4) is 23.0 Å². The van der Waals surface area contributed by atoms with Gasteiger partial charge in [0.25, 0.3) is 11.8 Å². The van der Waals surface area contributed by atoms with Crippen LogP contribution in [0.2, 0.25) is 0 Å². The highest BCUT2D eigenvalue weighted by atomic mass is 32.1. The Morgan fingerprint density at radius 2 is 1.66 bits per heavy atom. The van der Waals surface area contributed by atoms with Gasteiger partial charge in [-0.15, -0.1) is 0 Å². The number of thiocarbonyl (C=S) groups is 1. The van der Waals surface area contributed by atoms with Gasteiger partial charge >= 0.3 is 0 Å². The van der Waals surface area contributed by atoms with Crippen molar-refractivity contribution in [2.75, 3.05) is 37.7 Å². The van der Waals surface area contributed by atoms with E-state index in [1.54, 1.807) is 60.7 Å². The lowest BCUT2D eigenvalue weighted by Crippen LogP contribution is -2.30. The lowest BCUT2D eigenvalue weighted by molar-refractivity contribution is -0.118. The van der Waals surface area contributed by atoms with Crippen LogP contribution in [0.5, 0.6) is 23.0 Å². The molecule has 1 fully saturated rings. The summed E-state index contributed by atoms with van der Waals surface area (Å²) in [5.74, 6) is 1.23. The first-order valence-electron chi connectivity index (χ1n) is 11.8. The van der Waals surface area contributed by atoms with E-state index < -0.39 is 0 Å². The third kappa shape index (κ3) is 5.87. The second-order valence-corrected chi connectivity index (χ2v) is 8.36. The number of carbonyl (C=O) groups excluding carboxylic acids is 2. The van der Waals surface area contributed by atoms with E-state index in [0.29, 0.717) is 52.2 Å². The number of methoxy groups -OCH3 is 2. The summed E-state index contributed by atoms with van der Waals surface area (Å²) in [6.07, 6.45) is 1.67. The van der Waals surface area contributed by atoms with E-state index in [9.17, 15) is 9.59 Å². The smallest absolute Gasteiger partial charge is 0.281 e. The van der Waals surface area contributed by atoms with E-state index in [1.165, 1.54) is 19.1 Å². The Balaban J connectivity index is 1.49. The number of nitrogens with zero attached hydrogens (tertiary/aromatic N) is 1. The number of nitrogens with one attached hydrogen (secondary N) is 2. The number of benzene rings is 3. The summed E-state index contributed by atoms with van der Waals surface area (Å²) in [5, 5.41) is 5.98. The molecule has 0 spiro atoms. The average molecular weight is 534 g/mol. The highest BCUT2D eigenvalue weighted by Gasteiger charge is 2.33. The molecule has 0 aliphatic carbocycles. The molecule has 2 N–H and O–H groups in total. The molecule has 0 radical (unpaired) electrons. The van der Waals surface area contributed by atoms with Crippen LogP contribution >= 0.6 is 12.2 Å². The van der Waals surface area contributed by atoms with Crippen molar-refractivity contribution in [3.05, 3.63) is 78.0 Å². The molecule has 1 aliphatic rings. The van der Waals surface area contributed by atoms with Gasteiger partial charge in [-0.1, -0.05) is 30.3 Å². The van der Waals surface area contributed by atoms with Crippen molar-refractivity contribution in [1.82, 2.24) is 5.32 Å². The molecule has 1 heterocycles. The molecule has 0 saturated carbocycles. The Morgan fingerprint density at radius 3 is 2.39 bits per heavy atom. The summed E-state index contributed by atoms with van der Waals surface area (Å²) in [6.45, 7) is 1.99. The van der Waals surface area contributed by atoms with E-state index in [0.717, 1.165) is 0 Å². The van der Waals surface area contributed by atoms with Crippen molar-refractivity contribution in [1.29, 1.82) is 0 Å². The summed E-state index contributed by atoms with van der Waals surface area (Å²) < 4.78 is 22.1. The summed E-state index contributed by atoms with van der Waals surface area (Å²) in [6, 6.07) is 19.4. The molecule has 196 valence electrons. The van der Waals surface area contributed by atoms with E-state index in [-0.39, 0.29) is 23.5 Å². The van der Waals surface area contributed by atoms with E-state index in [4.69, 9.17) is 31.2 Å². The summed E-state index contributed by atoms with van der Waals surface area (Å²) in [7, 11) is 3.07. The fourth-order valence-corrected chi connectivity index (χ4v) is 4.11. The maximum absolute atomic E-state index is 13.2. The molecule has 1 aliphatic heterocycles. The minimum Gasteiger partial charge on any atom is -0.495 e. The Hall–Kier alpha value is -4.57. The number of hydrogen-bond donors (Lipinski definition) is 2. The first kappa shape index (κ1) is 26.5. The number of amides is 2. The zero-order chi connectivity index (χ0) is 27.1. The predicted molar refractivity (Wildman–Crippen MR) is 149 cm³/mol. The van der Waals surface area contributed by atoms with Crippen LogP contribution in [0, 0.1) is 0 Å². The first-order chi connectivity index (χ1) is 18.4. The molecule has 0 unspecified atom stereocenters. The molecule has 0 aromatic heterocycles. The Bertz CT molecular complexity index is 1390. The Labute approximate surface area is 225 Å². The van der Waals surface area contributed by atoms with Crippen LogP contribution < -0.4 is 34.5 Å². The first-order valence-corrected chi connectivity index (χ1v) is 12.2. The van der Waals surface area contributed by atoms with E-state index >= 15 is 0 Å². The SMILES string of the molecule is CCOc1cc(/C=C2/NC(=S)N(c3ccccc3OC)C2=O)ccc1OCC(=O)Nc1ccccc1OC. The van der Waals surface area contributed by atoms with Crippen LogP contribution in [0.3, 0.4) is 0 Å².